The van der Waals surface area contributed by atoms with Crippen molar-refractivity contribution in [2.24, 2.45) is 0 Å². The lowest BCUT2D eigenvalue weighted by atomic mass is 10.1. The van der Waals surface area contributed by atoms with Gasteiger partial charge in [0.2, 0.25) is 0 Å². The van der Waals surface area contributed by atoms with Crippen LogP contribution in [0.5, 0.6) is 5.75 Å². The molecule has 1 aromatic carbocycles. The molecule has 6 nitrogen and oxygen atoms in total. The number of aromatic nitrogens is 1. The van der Waals surface area contributed by atoms with Crippen LogP contribution in [0.1, 0.15) is 25.7 Å². The molecule has 2 aromatic heterocycles. The van der Waals surface area contributed by atoms with E-state index in [-0.39, 0.29) is 18.2 Å². The first-order chi connectivity index (χ1) is 14.2. The monoisotopic (exact) mass is 436 g/mol. The van der Waals surface area contributed by atoms with Crippen LogP contribution in [-0.4, -0.2) is 30.3 Å². The van der Waals surface area contributed by atoms with E-state index in [0.29, 0.717) is 27.3 Å². The van der Waals surface area contributed by atoms with Gasteiger partial charge in [-0.15, -0.1) is 24.5 Å². The van der Waals surface area contributed by atoms with Crippen molar-refractivity contribution >= 4 is 23.2 Å². The molecule has 3 rings (SSSR count). The van der Waals surface area contributed by atoms with E-state index in [0.717, 1.165) is 0 Å². The highest BCUT2D eigenvalue weighted by Crippen LogP contribution is 2.29. The minimum atomic E-state index is -4.75. The van der Waals surface area contributed by atoms with E-state index < -0.39 is 12.3 Å². The number of ether oxygens (including phenoxy) is 2. The van der Waals surface area contributed by atoms with Crippen LogP contribution in [0.2, 0.25) is 0 Å². The summed E-state index contributed by atoms with van der Waals surface area (Å²) in [5.41, 5.74) is 2.22. The van der Waals surface area contributed by atoms with E-state index in [1.54, 1.807) is 23.6 Å². The lowest BCUT2D eigenvalue weighted by Crippen LogP contribution is -2.22. The standard InChI is InChI=1S/C20H15F3N2O4S/c1-28-19(27)13-2-5-15(24-9-13)10-25-18(26)17-8-14(11-30-17)12-3-6-16(7-4-12)29-20(21,22)23/h2-9,11H,10H2,1H3,(H,25,26). The van der Waals surface area contributed by atoms with Crippen LogP contribution in [0, 0.1) is 0 Å². The van der Waals surface area contributed by atoms with Crippen molar-refractivity contribution in [2.75, 3.05) is 7.11 Å². The second kappa shape index (κ2) is 8.95. The van der Waals surface area contributed by atoms with Crippen molar-refractivity contribution in [3.63, 3.8) is 0 Å². The van der Waals surface area contributed by atoms with E-state index >= 15 is 0 Å². The molecule has 3 aromatic rings. The molecule has 0 saturated carbocycles. The van der Waals surface area contributed by atoms with Gasteiger partial charge in [0, 0.05) is 6.20 Å². The number of pyridine rings is 1. The summed E-state index contributed by atoms with van der Waals surface area (Å²) in [5.74, 6) is -1.13. The molecule has 0 aliphatic carbocycles. The van der Waals surface area contributed by atoms with Crippen LogP contribution in [0.3, 0.4) is 0 Å². The van der Waals surface area contributed by atoms with Gasteiger partial charge in [-0.05, 0) is 46.8 Å². The normalized spacial score (nSPS) is 11.1. The summed E-state index contributed by atoms with van der Waals surface area (Å²) in [6.07, 6.45) is -3.38. The van der Waals surface area contributed by atoms with Crippen molar-refractivity contribution in [3.8, 4) is 16.9 Å². The zero-order valence-electron chi connectivity index (χ0n) is 15.5. The summed E-state index contributed by atoms with van der Waals surface area (Å²) in [7, 11) is 1.27. The number of esters is 1. The molecule has 0 spiro atoms. The first-order valence-electron chi connectivity index (χ1n) is 8.51. The highest BCUT2D eigenvalue weighted by Gasteiger charge is 2.31. The maximum absolute atomic E-state index is 12.3. The number of carbonyl (C=O) groups is 2. The van der Waals surface area contributed by atoms with Crippen molar-refractivity contribution in [3.05, 3.63) is 70.2 Å². The molecule has 30 heavy (non-hydrogen) atoms. The maximum atomic E-state index is 12.3. The number of alkyl halides is 3. The van der Waals surface area contributed by atoms with Gasteiger partial charge in [-0.2, -0.15) is 0 Å². The fourth-order valence-corrected chi connectivity index (χ4v) is 3.31. The lowest BCUT2D eigenvalue weighted by Gasteiger charge is -2.08. The van der Waals surface area contributed by atoms with Gasteiger partial charge in [0.1, 0.15) is 5.75 Å². The summed E-state index contributed by atoms with van der Waals surface area (Å²) >= 11 is 1.21. The van der Waals surface area contributed by atoms with Crippen LogP contribution in [0.4, 0.5) is 13.2 Å². The van der Waals surface area contributed by atoms with Gasteiger partial charge in [0.15, 0.2) is 0 Å². The number of hydrogen-bond donors (Lipinski definition) is 1. The molecule has 0 aliphatic heterocycles. The number of benzene rings is 1. The number of nitrogens with zero attached hydrogens (tertiary/aromatic N) is 1. The molecule has 1 amide bonds. The van der Waals surface area contributed by atoms with Gasteiger partial charge in [-0.3, -0.25) is 9.78 Å². The Morgan fingerprint density at radius 3 is 2.43 bits per heavy atom. The number of hydrogen-bond acceptors (Lipinski definition) is 6. The molecule has 156 valence electrons. The Hall–Kier alpha value is -3.40. The van der Waals surface area contributed by atoms with E-state index in [9.17, 15) is 22.8 Å². The van der Waals surface area contributed by atoms with Crippen LogP contribution in [0.25, 0.3) is 11.1 Å². The first-order valence-corrected chi connectivity index (χ1v) is 9.39. The number of carbonyl (C=O) groups excluding carboxylic acids is 2. The van der Waals surface area contributed by atoms with Crippen molar-refractivity contribution in [1.82, 2.24) is 10.3 Å². The highest BCUT2D eigenvalue weighted by atomic mass is 32.1. The maximum Gasteiger partial charge on any atom is 0.573 e. The summed E-state index contributed by atoms with van der Waals surface area (Å²) in [6.45, 7) is 0.164. The summed E-state index contributed by atoms with van der Waals surface area (Å²) in [4.78, 5) is 28.3. The Morgan fingerprint density at radius 1 is 1.10 bits per heavy atom. The van der Waals surface area contributed by atoms with Gasteiger partial charge in [-0.25, -0.2) is 4.79 Å². The Kier molecular flexibility index (Phi) is 6.36. The second-order valence-corrected chi connectivity index (χ2v) is 6.90. The third kappa shape index (κ3) is 5.57. The Morgan fingerprint density at radius 2 is 1.83 bits per heavy atom. The molecule has 0 atom stereocenters. The largest absolute Gasteiger partial charge is 0.573 e. The first kappa shape index (κ1) is 21.3. The third-order valence-electron chi connectivity index (χ3n) is 3.92. The molecule has 2 heterocycles. The topological polar surface area (TPSA) is 77.5 Å². The summed E-state index contributed by atoms with van der Waals surface area (Å²) < 4.78 is 45.1. The Labute approximate surface area is 173 Å². The number of rotatable bonds is 6. The molecule has 0 unspecified atom stereocenters. The van der Waals surface area contributed by atoms with Crippen LogP contribution in [0.15, 0.2) is 54.0 Å². The Balaban J connectivity index is 1.60. The number of thiophene rings is 1. The van der Waals surface area contributed by atoms with Gasteiger partial charge < -0.3 is 14.8 Å². The predicted molar refractivity (Wildman–Crippen MR) is 103 cm³/mol. The Bertz CT molecular complexity index is 1030. The van der Waals surface area contributed by atoms with Crippen molar-refractivity contribution in [1.29, 1.82) is 0 Å². The molecular formula is C20H15F3N2O4S. The smallest absolute Gasteiger partial charge is 0.465 e. The van der Waals surface area contributed by atoms with Gasteiger partial charge >= 0.3 is 12.3 Å². The van der Waals surface area contributed by atoms with E-state index in [1.165, 1.54) is 48.9 Å². The van der Waals surface area contributed by atoms with Crippen LogP contribution >= 0.6 is 11.3 Å². The number of nitrogens with one attached hydrogen (secondary N) is 1. The predicted octanol–water partition coefficient (Wildman–Crippen LogP) is 4.43. The molecule has 10 heteroatoms. The third-order valence-corrected chi connectivity index (χ3v) is 4.85. The molecule has 0 saturated heterocycles. The minimum Gasteiger partial charge on any atom is -0.465 e. The van der Waals surface area contributed by atoms with Gasteiger partial charge in [-0.1, -0.05) is 12.1 Å². The molecule has 0 radical (unpaired) electrons. The van der Waals surface area contributed by atoms with Crippen molar-refractivity contribution < 1.29 is 32.2 Å². The highest BCUT2D eigenvalue weighted by molar-refractivity contribution is 7.12. The van der Waals surface area contributed by atoms with Crippen molar-refractivity contribution in [2.45, 2.75) is 12.9 Å². The molecule has 0 fully saturated rings. The SMILES string of the molecule is COC(=O)c1ccc(CNC(=O)c2cc(-c3ccc(OC(F)(F)F)cc3)cs2)nc1. The second-order valence-electron chi connectivity index (χ2n) is 5.98. The summed E-state index contributed by atoms with van der Waals surface area (Å²) in [5, 5.41) is 4.46. The average Bonchev–Trinajstić information content (AvgIpc) is 3.21. The molecule has 1 N–H and O–H groups in total. The number of methoxy groups -OCH3 is 1. The van der Waals surface area contributed by atoms with Gasteiger partial charge in [0.05, 0.1) is 29.8 Å². The average molecular weight is 436 g/mol. The molecule has 0 aliphatic rings. The van der Waals surface area contributed by atoms with E-state index in [2.05, 4.69) is 19.8 Å². The lowest BCUT2D eigenvalue weighted by molar-refractivity contribution is -0.274. The zero-order chi connectivity index (χ0) is 21.7. The zero-order valence-corrected chi connectivity index (χ0v) is 16.3. The molecular weight excluding hydrogens is 421 g/mol. The number of amides is 1. The van der Waals surface area contributed by atoms with Crippen LogP contribution < -0.4 is 10.1 Å². The summed E-state index contributed by atoms with van der Waals surface area (Å²) in [6, 6.07) is 10.2. The number of halogens is 3. The van der Waals surface area contributed by atoms with E-state index in [4.69, 9.17) is 0 Å². The fourth-order valence-electron chi connectivity index (χ4n) is 2.48. The molecule has 0 bridgehead atoms. The van der Waals surface area contributed by atoms with Gasteiger partial charge in [0.25, 0.3) is 5.91 Å². The van der Waals surface area contributed by atoms with Crippen LogP contribution in [-0.2, 0) is 11.3 Å². The van der Waals surface area contributed by atoms with E-state index in [1.807, 2.05) is 0 Å². The quantitative estimate of drug-likeness (QED) is 0.579. The fraction of sp³-hybridized carbons (Fsp3) is 0.150. The minimum absolute atomic E-state index is 0.164.